The van der Waals surface area contributed by atoms with E-state index in [9.17, 15) is 4.79 Å². The second-order valence-electron chi connectivity index (χ2n) is 2.79. The Labute approximate surface area is 112 Å². The standard InChI is InChI=1S/C7H9N3O.C3H8.2C2H6/c8-7(11)5-1-3-6(10-9)4-2-5;1-3-2;2*1-2/h1-4,10H,9H2,(H2,8,11);3H2,1-2H3;2*1-2H3. The molecule has 0 heterocycles. The second kappa shape index (κ2) is 17.8. The Morgan fingerprint density at radius 1 is 1.06 bits per heavy atom. The fraction of sp³-hybridized carbons (Fsp3) is 0.500. The molecular formula is C14H29N3O. The summed E-state index contributed by atoms with van der Waals surface area (Å²) in [5.74, 6) is 4.67. The number of benzene rings is 1. The molecule has 1 rings (SSSR count). The number of carbonyl (C=O) groups excluding carboxylic acids is 1. The van der Waals surface area contributed by atoms with Gasteiger partial charge in [-0.05, 0) is 24.3 Å². The number of rotatable bonds is 2. The van der Waals surface area contributed by atoms with Gasteiger partial charge >= 0.3 is 0 Å². The molecule has 4 nitrogen and oxygen atoms in total. The van der Waals surface area contributed by atoms with Crippen LogP contribution in [0.15, 0.2) is 24.3 Å². The molecule has 1 aromatic carbocycles. The van der Waals surface area contributed by atoms with Crippen LogP contribution in [0.2, 0.25) is 0 Å². The van der Waals surface area contributed by atoms with E-state index in [0.29, 0.717) is 5.56 Å². The zero-order chi connectivity index (χ0) is 15.0. The normalized spacial score (nSPS) is 7.28. The molecule has 0 fully saturated rings. The summed E-state index contributed by atoms with van der Waals surface area (Å²) >= 11 is 0. The highest BCUT2D eigenvalue weighted by atomic mass is 16.1. The first-order valence-electron chi connectivity index (χ1n) is 6.52. The lowest BCUT2D eigenvalue weighted by molar-refractivity contribution is 0.100. The largest absolute Gasteiger partial charge is 0.366 e. The lowest BCUT2D eigenvalue weighted by Gasteiger charge is -1.98. The molecule has 0 spiro atoms. The molecule has 0 aliphatic carbocycles. The van der Waals surface area contributed by atoms with Crippen LogP contribution in [0.5, 0.6) is 0 Å². The van der Waals surface area contributed by atoms with Crippen molar-refractivity contribution in [3.8, 4) is 0 Å². The van der Waals surface area contributed by atoms with Crippen molar-refractivity contribution in [1.82, 2.24) is 0 Å². The van der Waals surface area contributed by atoms with Crippen molar-refractivity contribution in [2.24, 2.45) is 11.6 Å². The van der Waals surface area contributed by atoms with E-state index in [1.165, 1.54) is 6.42 Å². The Morgan fingerprint density at radius 3 is 1.61 bits per heavy atom. The van der Waals surface area contributed by atoms with Gasteiger partial charge in [-0.1, -0.05) is 48.0 Å². The van der Waals surface area contributed by atoms with Crippen molar-refractivity contribution in [3.05, 3.63) is 29.8 Å². The maximum Gasteiger partial charge on any atom is 0.248 e. The summed E-state index contributed by atoms with van der Waals surface area (Å²) in [6.45, 7) is 12.2. The Kier molecular flexibility index (Phi) is 21.5. The Hall–Kier alpha value is -1.55. The third-order valence-corrected chi connectivity index (χ3v) is 1.34. The van der Waals surface area contributed by atoms with E-state index >= 15 is 0 Å². The smallest absolute Gasteiger partial charge is 0.248 e. The van der Waals surface area contributed by atoms with Gasteiger partial charge in [-0.3, -0.25) is 10.6 Å². The van der Waals surface area contributed by atoms with Gasteiger partial charge in [0, 0.05) is 11.3 Å². The van der Waals surface area contributed by atoms with Gasteiger partial charge in [0.15, 0.2) is 0 Å². The van der Waals surface area contributed by atoms with Crippen LogP contribution >= 0.6 is 0 Å². The van der Waals surface area contributed by atoms with E-state index in [1.807, 2.05) is 27.7 Å². The number of nitrogen functional groups attached to an aromatic ring is 1. The van der Waals surface area contributed by atoms with Crippen molar-refractivity contribution >= 4 is 11.6 Å². The number of nitrogens with two attached hydrogens (primary N) is 2. The Bertz CT molecular complexity index is 271. The van der Waals surface area contributed by atoms with E-state index < -0.39 is 5.91 Å². The van der Waals surface area contributed by atoms with Crippen LogP contribution < -0.4 is 17.0 Å². The number of anilines is 1. The van der Waals surface area contributed by atoms with Crippen LogP contribution in [0.3, 0.4) is 0 Å². The van der Waals surface area contributed by atoms with Crippen molar-refractivity contribution in [2.75, 3.05) is 5.43 Å². The number of carbonyl (C=O) groups is 1. The highest BCUT2D eigenvalue weighted by Crippen LogP contribution is 2.06. The number of primary amides is 1. The second-order valence-corrected chi connectivity index (χ2v) is 2.79. The molecule has 0 atom stereocenters. The fourth-order valence-corrected chi connectivity index (χ4v) is 0.731. The first-order valence-corrected chi connectivity index (χ1v) is 6.52. The molecule has 0 saturated carbocycles. The molecule has 0 radical (unpaired) electrons. The number of hydrogen-bond acceptors (Lipinski definition) is 3. The molecule has 1 amide bonds. The number of amides is 1. The van der Waals surface area contributed by atoms with Crippen LogP contribution in [-0.2, 0) is 0 Å². The lowest BCUT2D eigenvalue weighted by atomic mass is 10.2. The third-order valence-electron chi connectivity index (χ3n) is 1.34. The summed E-state index contributed by atoms with van der Waals surface area (Å²) < 4.78 is 0. The van der Waals surface area contributed by atoms with E-state index in [2.05, 4.69) is 19.3 Å². The number of hydrazine groups is 1. The minimum absolute atomic E-state index is 0.437. The maximum atomic E-state index is 10.6. The van der Waals surface area contributed by atoms with Crippen molar-refractivity contribution in [3.63, 3.8) is 0 Å². The van der Waals surface area contributed by atoms with E-state index in [4.69, 9.17) is 11.6 Å². The van der Waals surface area contributed by atoms with Gasteiger partial charge < -0.3 is 11.2 Å². The van der Waals surface area contributed by atoms with Crippen LogP contribution in [0.4, 0.5) is 5.69 Å². The summed E-state index contributed by atoms with van der Waals surface area (Å²) in [5.41, 5.74) is 8.68. The van der Waals surface area contributed by atoms with Gasteiger partial charge in [-0.25, -0.2) is 0 Å². The Balaban J connectivity index is -0.000000274. The summed E-state index contributed by atoms with van der Waals surface area (Å²) in [5, 5.41) is 0. The average Bonchev–Trinajstić information content (AvgIpc) is 2.44. The van der Waals surface area contributed by atoms with Crippen LogP contribution in [0, 0.1) is 0 Å². The van der Waals surface area contributed by atoms with Crippen LogP contribution in [0.25, 0.3) is 0 Å². The predicted octanol–water partition coefficient (Wildman–Crippen LogP) is 3.54. The number of nitrogens with one attached hydrogen (secondary N) is 1. The fourth-order valence-electron chi connectivity index (χ4n) is 0.731. The van der Waals surface area contributed by atoms with Gasteiger partial charge in [0.1, 0.15) is 0 Å². The first-order chi connectivity index (χ1) is 8.65. The molecule has 0 saturated heterocycles. The zero-order valence-electron chi connectivity index (χ0n) is 12.6. The molecule has 106 valence electrons. The first kappa shape index (κ1) is 21.7. The lowest BCUT2D eigenvalue weighted by Crippen LogP contribution is -2.11. The summed E-state index contributed by atoms with van der Waals surface area (Å²) in [7, 11) is 0. The summed E-state index contributed by atoms with van der Waals surface area (Å²) in [6, 6.07) is 6.58. The summed E-state index contributed by atoms with van der Waals surface area (Å²) in [6.07, 6.45) is 1.25. The van der Waals surface area contributed by atoms with E-state index in [1.54, 1.807) is 24.3 Å². The molecule has 0 unspecified atom stereocenters. The predicted molar refractivity (Wildman–Crippen MR) is 81.4 cm³/mol. The molecule has 0 aromatic heterocycles. The minimum atomic E-state index is -0.437. The maximum absolute atomic E-state index is 10.6. The highest BCUT2D eigenvalue weighted by Gasteiger charge is 1.97. The quantitative estimate of drug-likeness (QED) is 0.558. The summed E-state index contributed by atoms with van der Waals surface area (Å²) in [4.78, 5) is 10.6. The monoisotopic (exact) mass is 255 g/mol. The molecule has 0 aliphatic rings. The van der Waals surface area contributed by atoms with Crippen LogP contribution in [0.1, 0.15) is 58.3 Å². The molecule has 0 bridgehead atoms. The SMILES string of the molecule is CC.CC.CCC.NNc1ccc(C(N)=O)cc1. The molecule has 5 N–H and O–H groups in total. The third kappa shape index (κ3) is 12.5. The highest BCUT2D eigenvalue weighted by molar-refractivity contribution is 5.93. The molecule has 0 aliphatic heterocycles. The molecule has 1 aromatic rings. The molecule has 18 heavy (non-hydrogen) atoms. The van der Waals surface area contributed by atoms with E-state index in [0.717, 1.165) is 5.69 Å². The van der Waals surface area contributed by atoms with Gasteiger partial charge in [0.2, 0.25) is 5.91 Å². The van der Waals surface area contributed by atoms with Gasteiger partial charge in [-0.2, -0.15) is 0 Å². The zero-order valence-corrected chi connectivity index (χ0v) is 12.6. The van der Waals surface area contributed by atoms with Gasteiger partial charge in [0.05, 0.1) is 0 Å². The van der Waals surface area contributed by atoms with Gasteiger partial charge in [0.25, 0.3) is 0 Å². The average molecular weight is 255 g/mol. The minimum Gasteiger partial charge on any atom is -0.366 e. The van der Waals surface area contributed by atoms with Crippen LogP contribution in [-0.4, -0.2) is 5.91 Å². The molecule has 4 heteroatoms. The molecular weight excluding hydrogens is 226 g/mol. The van der Waals surface area contributed by atoms with E-state index in [-0.39, 0.29) is 0 Å². The van der Waals surface area contributed by atoms with Gasteiger partial charge in [-0.15, -0.1) is 0 Å². The van der Waals surface area contributed by atoms with Crippen molar-refractivity contribution in [1.29, 1.82) is 0 Å². The van der Waals surface area contributed by atoms with Crippen molar-refractivity contribution in [2.45, 2.75) is 48.0 Å². The number of hydrogen-bond donors (Lipinski definition) is 3. The Morgan fingerprint density at radius 2 is 1.39 bits per heavy atom. The van der Waals surface area contributed by atoms with Crippen molar-refractivity contribution < 1.29 is 4.79 Å². The topological polar surface area (TPSA) is 81.1 Å².